The van der Waals surface area contributed by atoms with Crippen molar-refractivity contribution in [1.29, 1.82) is 5.41 Å². The molecule has 2 saturated carbocycles. The molecule has 4 heteroatoms. The summed E-state index contributed by atoms with van der Waals surface area (Å²) in [7, 11) is 0. The van der Waals surface area contributed by atoms with Crippen molar-refractivity contribution in [1.82, 2.24) is 5.32 Å². The fourth-order valence-electron chi connectivity index (χ4n) is 3.30. The zero-order valence-electron chi connectivity index (χ0n) is 15.0. The predicted molar refractivity (Wildman–Crippen MR) is 105 cm³/mol. The van der Waals surface area contributed by atoms with E-state index < -0.39 is 0 Å². The first kappa shape index (κ1) is 17.2. The molecule has 0 heterocycles. The molecule has 136 valence electrons. The monoisotopic (exact) mass is 351 g/mol. The Morgan fingerprint density at radius 3 is 2.46 bits per heavy atom. The summed E-state index contributed by atoms with van der Waals surface area (Å²) in [6.45, 7) is 1.82. The number of hydrogen-bond acceptors (Lipinski definition) is 3. The van der Waals surface area contributed by atoms with Crippen molar-refractivity contribution in [2.24, 2.45) is 11.8 Å². The van der Waals surface area contributed by atoms with E-state index >= 15 is 0 Å². The van der Waals surface area contributed by atoms with Crippen LogP contribution in [0.15, 0.2) is 42.5 Å². The van der Waals surface area contributed by atoms with Gasteiger partial charge in [-0.2, -0.15) is 0 Å². The summed E-state index contributed by atoms with van der Waals surface area (Å²) in [5, 5.41) is 14.5. The quantitative estimate of drug-likeness (QED) is 0.572. The maximum atomic E-state index is 14.2. The standard InChI is InChI=1S/C22H26FN3/c23-20-9-8-19(11-21(20)25-13-15-4-5-15)22(26-14-16-6-7-16)18-3-1-2-17(10-18)12-24/h1-3,8-12,15-16,22,24-26H,4-7,13-14H2/t22-/m1/s1. The van der Waals surface area contributed by atoms with Gasteiger partial charge in [-0.25, -0.2) is 4.39 Å². The van der Waals surface area contributed by atoms with Crippen LogP contribution in [0.1, 0.15) is 48.4 Å². The first-order valence-corrected chi connectivity index (χ1v) is 9.60. The van der Waals surface area contributed by atoms with Gasteiger partial charge in [0.25, 0.3) is 0 Å². The molecule has 0 unspecified atom stereocenters. The molecule has 2 fully saturated rings. The predicted octanol–water partition coefficient (Wildman–Crippen LogP) is 4.73. The number of benzene rings is 2. The van der Waals surface area contributed by atoms with Gasteiger partial charge in [0, 0.05) is 12.8 Å². The lowest BCUT2D eigenvalue weighted by atomic mass is 9.96. The van der Waals surface area contributed by atoms with Crippen molar-refractivity contribution in [3.8, 4) is 0 Å². The molecule has 0 bridgehead atoms. The molecule has 0 saturated heterocycles. The Morgan fingerprint density at radius 1 is 1.00 bits per heavy atom. The van der Waals surface area contributed by atoms with Crippen molar-refractivity contribution < 1.29 is 4.39 Å². The minimum absolute atomic E-state index is 0.0116. The number of rotatable bonds is 9. The van der Waals surface area contributed by atoms with Crippen molar-refractivity contribution in [2.45, 2.75) is 31.7 Å². The lowest BCUT2D eigenvalue weighted by Gasteiger charge is -2.21. The molecular formula is C22H26FN3. The second kappa shape index (κ2) is 7.58. The summed E-state index contributed by atoms with van der Waals surface area (Å²) < 4.78 is 14.2. The summed E-state index contributed by atoms with van der Waals surface area (Å²) in [4.78, 5) is 0. The zero-order chi connectivity index (χ0) is 17.9. The van der Waals surface area contributed by atoms with Gasteiger partial charge >= 0.3 is 0 Å². The van der Waals surface area contributed by atoms with E-state index in [0.717, 1.165) is 35.7 Å². The topological polar surface area (TPSA) is 47.9 Å². The zero-order valence-corrected chi connectivity index (χ0v) is 15.0. The minimum Gasteiger partial charge on any atom is -0.382 e. The smallest absolute Gasteiger partial charge is 0.146 e. The van der Waals surface area contributed by atoms with Crippen LogP contribution in [-0.2, 0) is 0 Å². The van der Waals surface area contributed by atoms with Gasteiger partial charge in [0.2, 0.25) is 0 Å². The maximum Gasteiger partial charge on any atom is 0.146 e. The number of hydrogen-bond donors (Lipinski definition) is 3. The second-order valence-electron chi connectivity index (χ2n) is 7.66. The summed E-state index contributed by atoms with van der Waals surface area (Å²) >= 11 is 0. The second-order valence-corrected chi connectivity index (χ2v) is 7.66. The van der Waals surface area contributed by atoms with E-state index in [1.54, 1.807) is 6.07 Å². The molecule has 1 atom stereocenters. The van der Waals surface area contributed by atoms with Gasteiger partial charge in [0.05, 0.1) is 11.7 Å². The van der Waals surface area contributed by atoms with Crippen LogP contribution in [0.25, 0.3) is 0 Å². The Balaban J connectivity index is 1.60. The van der Waals surface area contributed by atoms with Gasteiger partial charge in [-0.15, -0.1) is 0 Å². The third-order valence-electron chi connectivity index (χ3n) is 5.32. The highest BCUT2D eigenvalue weighted by atomic mass is 19.1. The highest BCUT2D eigenvalue weighted by Gasteiger charge is 2.24. The molecule has 2 aliphatic rings. The Labute approximate surface area is 154 Å². The van der Waals surface area contributed by atoms with E-state index in [-0.39, 0.29) is 11.9 Å². The largest absolute Gasteiger partial charge is 0.382 e. The van der Waals surface area contributed by atoms with E-state index in [4.69, 9.17) is 5.41 Å². The van der Waals surface area contributed by atoms with E-state index in [2.05, 4.69) is 16.7 Å². The van der Waals surface area contributed by atoms with Gasteiger partial charge < -0.3 is 16.0 Å². The van der Waals surface area contributed by atoms with Crippen molar-refractivity contribution >= 4 is 11.9 Å². The fourth-order valence-corrected chi connectivity index (χ4v) is 3.30. The number of anilines is 1. The summed E-state index contributed by atoms with van der Waals surface area (Å²) in [6, 6.07) is 13.4. The molecule has 3 N–H and O–H groups in total. The Bertz CT molecular complexity index is 781. The lowest BCUT2D eigenvalue weighted by Crippen LogP contribution is -2.25. The third-order valence-corrected chi connectivity index (χ3v) is 5.32. The van der Waals surface area contributed by atoms with Crippen LogP contribution in [0.3, 0.4) is 0 Å². The average molecular weight is 351 g/mol. The van der Waals surface area contributed by atoms with Crippen molar-refractivity contribution in [2.75, 3.05) is 18.4 Å². The first-order valence-electron chi connectivity index (χ1n) is 9.60. The van der Waals surface area contributed by atoms with Crippen LogP contribution in [0.2, 0.25) is 0 Å². The lowest BCUT2D eigenvalue weighted by molar-refractivity contribution is 0.571. The van der Waals surface area contributed by atoms with Crippen LogP contribution in [0.5, 0.6) is 0 Å². The van der Waals surface area contributed by atoms with Gasteiger partial charge in [0.15, 0.2) is 0 Å². The van der Waals surface area contributed by atoms with E-state index in [1.165, 1.54) is 31.9 Å². The SMILES string of the molecule is N=Cc1cccc([C@@H](NCC2CC2)c2ccc(F)c(NCC3CC3)c2)c1. The van der Waals surface area contributed by atoms with Crippen LogP contribution in [0, 0.1) is 23.1 Å². The molecule has 0 amide bonds. The Morgan fingerprint density at radius 2 is 1.73 bits per heavy atom. The molecule has 26 heavy (non-hydrogen) atoms. The van der Waals surface area contributed by atoms with Gasteiger partial charge in [0.1, 0.15) is 5.82 Å². The van der Waals surface area contributed by atoms with Gasteiger partial charge in [-0.05, 0) is 79.0 Å². The minimum atomic E-state index is -0.191. The Kier molecular flexibility index (Phi) is 5.02. The molecule has 2 aromatic carbocycles. The van der Waals surface area contributed by atoms with Crippen LogP contribution in [-0.4, -0.2) is 19.3 Å². The number of nitrogens with one attached hydrogen (secondary N) is 3. The number of halogens is 1. The molecule has 3 nitrogen and oxygen atoms in total. The first-order chi connectivity index (χ1) is 12.7. The molecule has 2 aliphatic carbocycles. The molecule has 0 radical (unpaired) electrons. The third kappa shape index (κ3) is 4.31. The molecule has 4 rings (SSSR count). The molecule has 0 aliphatic heterocycles. The molecule has 2 aromatic rings. The van der Waals surface area contributed by atoms with Crippen LogP contribution >= 0.6 is 0 Å². The van der Waals surface area contributed by atoms with E-state index in [9.17, 15) is 4.39 Å². The van der Waals surface area contributed by atoms with Crippen molar-refractivity contribution in [3.63, 3.8) is 0 Å². The summed E-state index contributed by atoms with van der Waals surface area (Å²) in [5.74, 6) is 1.27. The van der Waals surface area contributed by atoms with Crippen LogP contribution in [0.4, 0.5) is 10.1 Å². The van der Waals surface area contributed by atoms with E-state index in [0.29, 0.717) is 11.6 Å². The molecule has 0 aromatic heterocycles. The Hall–Kier alpha value is -2.20. The summed E-state index contributed by atoms with van der Waals surface area (Å²) in [5.41, 5.74) is 3.66. The normalized spacial score (nSPS) is 17.7. The fraction of sp³-hybridized carbons (Fsp3) is 0.409. The molecule has 0 spiro atoms. The summed E-state index contributed by atoms with van der Waals surface area (Å²) in [6.07, 6.45) is 6.44. The van der Waals surface area contributed by atoms with Crippen LogP contribution < -0.4 is 10.6 Å². The highest BCUT2D eigenvalue weighted by Crippen LogP contribution is 2.32. The van der Waals surface area contributed by atoms with Gasteiger partial charge in [-0.3, -0.25) is 0 Å². The van der Waals surface area contributed by atoms with Gasteiger partial charge in [-0.1, -0.05) is 24.3 Å². The highest BCUT2D eigenvalue weighted by molar-refractivity contribution is 5.77. The van der Waals surface area contributed by atoms with E-state index in [1.807, 2.05) is 30.3 Å². The molecular weight excluding hydrogens is 325 g/mol. The average Bonchev–Trinajstić information content (AvgIpc) is 3.56. The van der Waals surface area contributed by atoms with Crippen molar-refractivity contribution in [3.05, 3.63) is 65.0 Å². The maximum absolute atomic E-state index is 14.2.